The summed E-state index contributed by atoms with van der Waals surface area (Å²) in [6, 6.07) is 7.31. The Bertz CT molecular complexity index is 881. The van der Waals surface area contributed by atoms with Crippen molar-refractivity contribution in [3.63, 3.8) is 0 Å². The predicted octanol–water partition coefficient (Wildman–Crippen LogP) is 4.15. The van der Waals surface area contributed by atoms with Crippen LogP contribution in [0.2, 0.25) is 0 Å². The number of hydrogen-bond acceptors (Lipinski definition) is 5. The van der Waals surface area contributed by atoms with E-state index in [2.05, 4.69) is 0 Å². The zero-order chi connectivity index (χ0) is 18.6. The largest absolute Gasteiger partial charge is 0.462 e. The second-order valence-electron chi connectivity index (χ2n) is 5.50. The number of fused-ring (bicyclic) bond motifs is 1. The van der Waals surface area contributed by atoms with Gasteiger partial charge in [-0.05, 0) is 26.0 Å². The van der Waals surface area contributed by atoms with Crippen molar-refractivity contribution in [3.05, 3.63) is 41.3 Å². The molecule has 1 aromatic heterocycles. The van der Waals surface area contributed by atoms with Gasteiger partial charge in [0.25, 0.3) is 0 Å². The molecule has 0 spiro atoms. The molecule has 0 aliphatic heterocycles. The van der Waals surface area contributed by atoms with E-state index in [0.717, 1.165) is 5.39 Å². The third kappa shape index (κ3) is 4.09. The lowest BCUT2D eigenvalue weighted by Crippen LogP contribution is -2.09. The molecule has 1 unspecified atom stereocenters. The Morgan fingerprint density at radius 3 is 2.48 bits per heavy atom. The number of carbonyl (C=O) groups is 2. The molecular formula is C18H22NO5P. The molecule has 0 fully saturated rings. The lowest BCUT2D eigenvalue weighted by atomic mass is 10.1. The van der Waals surface area contributed by atoms with Gasteiger partial charge in [0.1, 0.15) is 5.31 Å². The second kappa shape index (κ2) is 7.81. The highest BCUT2D eigenvalue weighted by atomic mass is 31.2. The van der Waals surface area contributed by atoms with E-state index in [9.17, 15) is 14.2 Å². The van der Waals surface area contributed by atoms with Crippen LogP contribution in [-0.2, 0) is 18.6 Å². The van der Waals surface area contributed by atoms with Crippen molar-refractivity contribution in [1.29, 1.82) is 0 Å². The lowest BCUT2D eigenvalue weighted by Gasteiger charge is -2.15. The fraction of sp³-hybridized carbons (Fsp3) is 0.333. The quantitative estimate of drug-likeness (QED) is 0.438. The summed E-state index contributed by atoms with van der Waals surface area (Å²) in [5.41, 5.74) is 1.32. The van der Waals surface area contributed by atoms with Crippen LogP contribution in [0.3, 0.4) is 0 Å². The monoisotopic (exact) mass is 363 g/mol. The van der Waals surface area contributed by atoms with Crippen LogP contribution >= 0.6 is 7.37 Å². The summed E-state index contributed by atoms with van der Waals surface area (Å²) in [6.45, 7) is 6.61. The average Bonchev–Trinajstić information content (AvgIpc) is 2.91. The highest BCUT2D eigenvalue weighted by Gasteiger charge is 2.30. The molecule has 0 saturated carbocycles. The third-order valence-corrected chi connectivity index (χ3v) is 5.61. The second-order valence-corrected chi connectivity index (χ2v) is 7.94. The number of carbonyl (C=O) groups excluding carboxylic acids is 2. The molecule has 0 saturated heterocycles. The third-order valence-electron chi connectivity index (χ3n) is 3.67. The first-order valence-electron chi connectivity index (χ1n) is 8.04. The molecule has 134 valence electrons. The van der Waals surface area contributed by atoms with Crippen molar-refractivity contribution in [2.24, 2.45) is 0 Å². The van der Waals surface area contributed by atoms with Crippen LogP contribution < -0.4 is 0 Å². The van der Waals surface area contributed by atoms with E-state index in [1.165, 1.54) is 24.2 Å². The van der Waals surface area contributed by atoms with Crippen molar-refractivity contribution < 1.29 is 23.4 Å². The van der Waals surface area contributed by atoms with Crippen LogP contribution in [0.15, 0.2) is 35.8 Å². The summed E-state index contributed by atoms with van der Waals surface area (Å²) in [6.07, 6.45) is 3.12. The zero-order valence-corrected chi connectivity index (χ0v) is 15.7. The summed E-state index contributed by atoms with van der Waals surface area (Å²) < 4.78 is 24.7. The Labute approximate surface area is 146 Å². The number of aromatic nitrogens is 1. The van der Waals surface area contributed by atoms with Crippen molar-refractivity contribution in [2.45, 2.75) is 20.8 Å². The minimum Gasteiger partial charge on any atom is -0.462 e. The van der Waals surface area contributed by atoms with E-state index in [1.54, 1.807) is 20.0 Å². The number of rotatable bonds is 6. The Kier molecular flexibility index (Phi) is 5.98. The topological polar surface area (TPSA) is 74.6 Å². The first kappa shape index (κ1) is 19.2. The number of hydrogen-bond donors (Lipinski definition) is 0. The molecule has 0 aliphatic rings. The van der Waals surface area contributed by atoms with Crippen LogP contribution in [0.4, 0.5) is 0 Å². The highest BCUT2D eigenvalue weighted by molar-refractivity contribution is 7.64. The Hall–Kier alpha value is -2.17. The molecule has 0 aliphatic carbocycles. The molecule has 7 heteroatoms. The van der Waals surface area contributed by atoms with E-state index < -0.39 is 13.3 Å². The van der Waals surface area contributed by atoms with Crippen LogP contribution in [0, 0.1) is 0 Å². The summed E-state index contributed by atoms with van der Waals surface area (Å²) in [4.78, 5) is 24.2. The van der Waals surface area contributed by atoms with Crippen LogP contribution in [0.1, 0.15) is 31.1 Å². The van der Waals surface area contributed by atoms with Gasteiger partial charge in [-0.2, -0.15) is 0 Å². The Morgan fingerprint density at radius 1 is 1.20 bits per heavy atom. The van der Waals surface area contributed by atoms with Gasteiger partial charge in [-0.1, -0.05) is 18.2 Å². The molecule has 0 N–H and O–H groups in total. The molecule has 0 amide bonds. The molecule has 0 bridgehead atoms. The van der Waals surface area contributed by atoms with E-state index in [1.807, 2.05) is 24.3 Å². The standard InChI is InChI=1S/C18H22NO5P/c1-5-23-18(21)17(25(4,22)24-6-2)11-14-12-19(13(3)20)16-10-8-7-9-15(14)16/h7-12H,5-6H2,1-4H3/b17-11-. The lowest BCUT2D eigenvalue weighted by molar-refractivity contribution is -0.137. The molecule has 25 heavy (non-hydrogen) atoms. The Balaban J connectivity index is 2.68. The van der Waals surface area contributed by atoms with E-state index in [-0.39, 0.29) is 24.4 Å². The summed E-state index contributed by atoms with van der Waals surface area (Å²) in [5.74, 6) is -0.834. The maximum Gasteiger partial charge on any atom is 0.344 e. The van der Waals surface area contributed by atoms with E-state index in [0.29, 0.717) is 11.1 Å². The number of ether oxygens (including phenoxy) is 1. The smallest absolute Gasteiger partial charge is 0.344 e. The molecular weight excluding hydrogens is 341 g/mol. The maximum absolute atomic E-state index is 12.8. The van der Waals surface area contributed by atoms with Gasteiger partial charge >= 0.3 is 5.97 Å². The van der Waals surface area contributed by atoms with Crippen molar-refractivity contribution in [2.75, 3.05) is 19.9 Å². The van der Waals surface area contributed by atoms with E-state index >= 15 is 0 Å². The van der Waals surface area contributed by atoms with Gasteiger partial charge < -0.3 is 9.26 Å². The first-order valence-corrected chi connectivity index (χ1v) is 10.1. The molecule has 1 heterocycles. The fourth-order valence-electron chi connectivity index (χ4n) is 2.59. The first-order chi connectivity index (χ1) is 11.8. The van der Waals surface area contributed by atoms with Gasteiger partial charge in [0.05, 0.1) is 18.7 Å². The number of nitrogens with zero attached hydrogens (tertiary/aromatic N) is 1. The van der Waals surface area contributed by atoms with Gasteiger partial charge in [-0.15, -0.1) is 0 Å². The predicted molar refractivity (Wildman–Crippen MR) is 98.0 cm³/mol. The van der Waals surface area contributed by atoms with Gasteiger partial charge in [0.15, 0.2) is 0 Å². The van der Waals surface area contributed by atoms with Crippen molar-refractivity contribution >= 4 is 36.2 Å². The van der Waals surface area contributed by atoms with Crippen LogP contribution in [0.5, 0.6) is 0 Å². The molecule has 2 aromatic rings. The normalized spacial score (nSPS) is 14.3. The van der Waals surface area contributed by atoms with Gasteiger partial charge in [-0.3, -0.25) is 13.9 Å². The molecule has 0 radical (unpaired) electrons. The minimum atomic E-state index is -3.35. The fourth-order valence-corrected chi connectivity index (χ4v) is 3.99. The molecule has 2 rings (SSSR count). The van der Waals surface area contributed by atoms with Crippen LogP contribution in [-0.4, -0.2) is 36.3 Å². The van der Waals surface area contributed by atoms with Gasteiger partial charge in [0, 0.05) is 30.7 Å². The number of benzene rings is 1. The van der Waals surface area contributed by atoms with E-state index in [4.69, 9.17) is 9.26 Å². The molecule has 6 nitrogen and oxygen atoms in total. The van der Waals surface area contributed by atoms with Crippen molar-refractivity contribution in [1.82, 2.24) is 4.57 Å². The summed E-state index contributed by atoms with van der Waals surface area (Å²) >= 11 is 0. The highest BCUT2D eigenvalue weighted by Crippen LogP contribution is 2.52. The average molecular weight is 363 g/mol. The SMILES string of the molecule is CCOC(=O)/C(=C/c1cn(C(C)=O)c2ccccc12)P(C)(=O)OCC. The Morgan fingerprint density at radius 2 is 1.88 bits per heavy atom. The molecule has 1 atom stereocenters. The maximum atomic E-state index is 12.8. The number of para-hydroxylation sites is 1. The van der Waals surface area contributed by atoms with Crippen molar-refractivity contribution in [3.8, 4) is 0 Å². The van der Waals surface area contributed by atoms with Crippen LogP contribution in [0.25, 0.3) is 17.0 Å². The number of esters is 1. The molecule has 1 aromatic carbocycles. The summed E-state index contributed by atoms with van der Waals surface area (Å²) in [7, 11) is -3.35. The van der Waals surface area contributed by atoms with Gasteiger partial charge in [-0.25, -0.2) is 4.79 Å². The summed E-state index contributed by atoms with van der Waals surface area (Å²) in [5, 5.41) is 0.749. The zero-order valence-electron chi connectivity index (χ0n) is 14.8. The minimum absolute atomic E-state index is 0.0253. The van der Waals surface area contributed by atoms with Gasteiger partial charge in [0.2, 0.25) is 13.3 Å².